The molecule has 0 N–H and O–H groups in total. The lowest BCUT2D eigenvalue weighted by Crippen LogP contribution is -2.37. The first-order valence-electron chi connectivity index (χ1n) is 6.51. The van der Waals surface area contributed by atoms with E-state index in [1.165, 1.54) is 12.8 Å². The van der Waals surface area contributed by atoms with E-state index < -0.39 is 0 Å². The Morgan fingerprint density at radius 2 is 2.33 bits per heavy atom. The summed E-state index contributed by atoms with van der Waals surface area (Å²) in [6.07, 6.45) is 3.96. The molecule has 1 aliphatic heterocycles. The first-order valence-corrected chi connectivity index (χ1v) is 7.05. The van der Waals surface area contributed by atoms with Crippen LogP contribution in [0.1, 0.15) is 25.3 Å². The van der Waals surface area contributed by atoms with Crippen molar-refractivity contribution in [3.63, 3.8) is 0 Å². The first kappa shape index (κ1) is 13.4. The molecule has 0 bridgehead atoms. The van der Waals surface area contributed by atoms with Crippen molar-refractivity contribution in [3.8, 4) is 5.88 Å². The van der Waals surface area contributed by atoms with Crippen LogP contribution < -0.4 is 9.64 Å². The molecule has 0 radical (unpaired) electrons. The summed E-state index contributed by atoms with van der Waals surface area (Å²) in [6, 6.07) is 0. The van der Waals surface area contributed by atoms with Crippen LogP contribution >= 0.6 is 11.6 Å². The highest BCUT2D eigenvalue weighted by Gasteiger charge is 2.22. The van der Waals surface area contributed by atoms with Gasteiger partial charge in [0.05, 0.1) is 12.2 Å². The zero-order chi connectivity index (χ0) is 13.0. The lowest BCUT2D eigenvalue weighted by molar-refractivity contribution is 0.323. The molecule has 0 spiro atoms. The molecule has 1 aromatic heterocycles. The third kappa shape index (κ3) is 2.86. The molecule has 1 aromatic rings. The maximum atomic E-state index is 5.97. The fourth-order valence-corrected chi connectivity index (χ4v) is 2.66. The molecular formula is C13H20ClN3O. The minimum atomic E-state index is 0.560. The van der Waals surface area contributed by atoms with Crippen molar-refractivity contribution in [1.29, 1.82) is 0 Å². The van der Waals surface area contributed by atoms with Gasteiger partial charge >= 0.3 is 0 Å². The van der Waals surface area contributed by atoms with Crippen molar-refractivity contribution in [3.05, 3.63) is 11.9 Å². The molecule has 1 aliphatic rings. The smallest absolute Gasteiger partial charge is 0.221 e. The molecule has 18 heavy (non-hydrogen) atoms. The number of aromatic nitrogens is 2. The summed E-state index contributed by atoms with van der Waals surface area (Å²) in [6.45, 7) is 6.63. The monoisotopic (exact) mass is 269 g/mol. The van der Waals surface area contributed by atoms with Crippen LogP contribution in [0, 0.1) is 12.8 Å². The number of ether oxygens (including phenoxy) is 1. The summed E-state index contributed by atoms with van der Waals surface area (Å²) >= 11 is 5.97. The number of nitrogens with zero attached hydrogens (tertiary/aromatic N) is 3. The van der Waals surface area contributed by atoms with E-state index in [1.54, 1.807) is 6.33 Å². The van der Waals surface area contributed by atoms with Gasteiger partial charge < -0.3 is 9.64 Å². The quantitative estimate of drug-likeness (QED) is 0.788. The summed E-state index contributed by atoms with van der Waals surface area (Å²) in [4.78, 5) is 10.9. The van der Waals surface area contributed by atoms with E-state index in [4.69, 9.17) is 16.3 Å². The van der Waals surface area contributed by atoms with E-state index in [2.05, 4.69) is 14.9 Å². The Bertz CT molecular complexity index is 400. The zero-order valence-electron chi connectivity index (χ0n) is 11.0. The van der Waals surface area contributed by atoms with Crippen molar-refractivity contribution >= 4 is 17.4 Å². The SMILES string of the molecule is CCOc1ncnc(N2CCCC(CCl)C2)c1C. The van der Waals surface area contributed by atoms with Gasteiger partial charge in [0.2, 0.25) is 5.88 Å². The second-order valence-corrected chi connectivity index (χ2v) is 4.98. The second-order valence-electron chi connectivity index (χ2n) is 4.67. The Labute approximate surface area is 113 Å². The van der Waals surface area contributed by atoms with Crippen LogP contribution in [0.15, 0.2) is 6.33 Å². The van der Waals surface area contributed by atoms with Crippen LogP contribution in [-0.2, 0) is 0 Å². The van der Waals surface area contributed by atoms with Crippen molar-refractivity contribution in [2.45, 2.75) is 26.7 Å². The van der Waals surface area contributed by atoms with E-state index in [1.807, 2.05) is 13.8 Å². The number of piperidine rings is 1. The first-order chi connectivity index (χ1) is 8.76. The van der Waals surface area contributed by atoms with Crippen molar-refractivity contribution in [2.75, 3.05) is 30.5 Å². The molecule has 2 heterocycles. The van der Waals surface area contributed by atoms with Gasteiger partial charge in [-0.1, -0.05) is 0 Å². The van der Waals surface area contributed by atoms with E-state index in [-0.39, 0.29) is 0 Å². The molecule has 100 valence electrons. The fourth-order valence-electron chi connectivity index (χ4n) is 2.41. The van der Waals surface area contributed by atoms with Crippen LogP contribution in [0.25, 0.3) is 0 Å². The highest BCUT2D eigenvalue weighted by molar-refractivity contribution is 6.18. The molecule has 0 amide bonds. The Morgan fingerprint density at radius 3 is 3.06 bits per heavy atom. The van der Waals surface area contributed by atoms with E-state index in [9.17, 15) is 0 Å². The van der Waals surface area contributed by atoms with Crippen LogP contribution in [0.4, 0.5) is 5.82 Å². The number of hydrogen-bond donors (Lipinski definition) is 0. The Hall–Kier alpha value is -1.03. The van der Waals surface area contributed by atoms with Gasteiger partial charge in [-0.05, 0) is 32.6 Å². The minimum Gasteiger partial charge on any atom is -0.478 e. The topological polar surface area (TPSA) is 38.3 Å². The third-order valence-corrected chi connectivity index (χ3v) is 3.77. The van der Waals surface area contributed by atoms with Crippen LogP contribution in [-0.4, -0.2) is 35.5 Å². The van der Waals surface area contributed by atoms with Crippen molar-refractivity contribution < 1.29 is 4.74 Å². The molecule has 4 nitrogen and oxygen atoms in total. The van der Waals surface area contributed by atoms with Crippen LogP contribution in [0.5, 0.6) is 5.88 Å². The van der Waals surface area contributed by atoms with E-state index in [0.29, 0.717) is 18.4 Å². The van der Waals surface area contributed by atoms with Gasteiger partial charge in [0.1, 0.15) is 12.1 Å². The maximum absolute atomic E-state index is 5.97. The molecule has 1 atom stereocenters. The molecule has 5 heteroatoms. The third-order valence-electron chi connectivity index (χ3n) is 3.33. The number of alkyl halides is 1. The number of hydrogen-bond acceptors (Lipinski definition) is 4. The van der Waals surface area contributed by atoms with Crippen molar-refractivity contribution in [1.82, 2.24) is 9.97 Å². The molecule has 1 unspecified atom stereocenters. The molecule has 1 fully saturated rings. The average molecular weight is 270 g/mol. The Balaban J connectivity index is 2.19. The molecule has 1 saturated heterocycles. The summed E-state index contributed by atoms with van der Waals surface area (Å²) in [5.41, 5.74) is 1.02. The Kier molecular flexibility index (Phi) is 4.64. The predicted molar refractivity (Wildman–Crippen MR) is 73.6 cm³/mol. The molecule has 0 saturated carbocycles. The largest absolute Gasteiger partial charge is 0.478 e. The number of rotatable bonds is 4. The van der Waals surface area contributed by atoms with Crippen LogP contribution in [0.3, 0.4) is 0 Å². The zero-order valence-corrected chi connectivity index (χ0v) is 11.8. The van der Waals surface area contributed by atoms with E-state index in [0.717, 1.165) is 30.4 Å². The van der Waals surface area contributed by atoms with E-state index >= 15 is 0 Å². The lowest BCUT2D eigenvalue weighted by atomic mass is 10.00. The second kappa shape index (κ2) is 6.23. The molecule has 2 rings (SSSR count). The van der Waals surface area contributed by atoms with Gasteiger partial charge in [-0.2, -0.15) is 0 Å². The standard InChI is InChI=1S/C13H20ClN3O/c1-3-18-13-10(2)12(15-9-16-13)17-6-4-5-11(7-14)8-17/h9,11H,3-8H2,1-2H3. The maximum Gasteiger partial charge on any atom is 0.221 e. The highest BCUT2D eigenvalue weighted by Crippen LogP contribution is 2.28. The summed E-state index contributed by atoms with van der Waals surface area (Å²) in [5, 5.41) is 0. The average Bonchev–Trinajstić information content (AvgIpc) is 2.41. The van der Waals surface area contributed by atoms with Crippen molar-refractivity contribution in [2.24, 2.45) is 5.92 Å². The minimum absolute atomic E-state index is 0.560. The molecule has 0 aromatic carbocycles. The van der Waals surface area contributed by atoms with Gasteiger partial charge in [0.25, 0.3) is 0 Å². The van der Waals surface area contributed by atoms with Gasteiger partial charge in [-0.25, -0.2) is 9.97 Å². The van der Waals surface area contributed by atoms with Gasteiger partial charge in [0.15, 0.2) is 0 Å². The fraction of sp³-hybridized carbons (Fsp3) is 0.692. The predicted octanol–water partition coefficient (Wildman–Crippen LogP) is 2.64. The van der Waals surface area contributed by atoms with Gasteiger partial charge in [-0.3, -0.25) is 0 Å². The number of halogens is 1. The van der Waals surface area contributed by atoms with Gasteiger partial charge in [0, 0.05) is 19.0 Å². The van der Waals surface area contributed by atoms with Crippen LogP contribution in [0.2, 0.25) is 0 Å². The normalized spacial score (nSPS) is 19.9. The summed E-state index contributed by atoms with van der Waals surface area (Å²) < 4.78 is 5.52. The van der Waals surface area contributed by atoms with Gasteiger partial charge in [-0.15, -0.1) is 11.6 Å². The lowest BCUT2D eigenvalue weighted by Gasteiger charge is -2.33. The highest BCUT2D eigenvalue weighted by atomic mass is 35.5. The summed E-state index contributed by atoms with van der Waals surface area (Å²) in [7, 11) is 0. The summed E-state index contributed by atoms with van der Waals surface area (Å²) in [5.74, 6) is 2.96. The number of anilines is 1. The Morgan fingerprint density at radius 1 is 1.50 bits per heavy atom. The molecule has 0 aliphatic carbocycles. The molecular weight excluding hydrogens is 250 g/mol.